The summed E-state index contributed by atoms with van der Waals surface area (Å²) < 4.78 is 4.92. The lowest BCUT2D eigenvalue weighted by atomic mass is 10.1. The highest BCUT2D eigenvalue weighted by Gasteiger charge is 2.10. The second kappa shape index (κ2) is 3.49. The van der Waals surface area contributed by atoms with Crippen LogP contribution in [0.1, 0.15) is 17.3 Å². The summed E-state index contributed by atoms with van der Waals surface area (Å²) in [6.07, 6.45) is 1.63. The van der Waals surface area contributed by atoms with Gasteiger partial charge in [-0.3, -0.25) is 5.10 Å². The zero-order valence-corrected chi connectivity index (χ0v) is 7.78. The van der Waals surface area contributed by atoms with Gasteiger partial charge >= 0.3 is 5.97 Å². The van der Waals surface area contributed by atoms with Crippen LogP contribution in [0.15, 0.2) is 24.4 Å². The molecule has 4 nitrogen and oxygen atoms in total. The molecule has 2 aromatic rings. The van der Waals surface area contributed by atoms with E-state index in [0.717, 1.165) is 10.9 Å². The number of esters is 1. The lowest BCUT2D eigenvalue weighted by Crippen LogP contribution is -2.04. The van der Waals surface area contributed by atoms with Crippen molar-refractivity contribution in [1.29, 1.82) is 0 Å². The predicted molar refractivity (Wildman–Crippen MR) is 52.1 cm³/mol. The number of hydrogen-bond acceptors (Lipinski definition) is 3. The molecule has 0 aliphatic rings. The number of H-pyrrole nitrogens is 1. The Morgan fingerprint density at radius 3 is 3.21 bits per heavy atom. The third kappa shape index (κ3) is 1.35. The molecule has 1 N–H and O–H groups in total. The molecule has 1 heterocycles. The SMILES string of the molecule is CCOC(=O)c1cccc2[nH]ncc12. The molecule has 1 aromatic carbocycles. The summed E-state index contributed by atoms with van der Waals surface area (Å²) in [5.41, 5.74) is 1.40. The Morgan fingerprint density at radius 1 is 1.57 bits per heavy atom. The fraction of sp³-hybridized carbons (Fsp3) is 0.200. The number of fused-ring (bicyclic) bond motifs is 1. The zero-order valence-electron chi connectivity index (χ0n) is 7.78. The van der Waals surface area contributed by atoms with Crippen molar-refractivity contribution in [2.45, 2.75) is 6.92 Å². The third-order valence-corrected chi connectivity index (χ3v) is 1.98. The minimum atomic E-state index is -0.306. The molecule has 72 valence electrons. The second-order valence-corrected chi connectivity index (χ2v) is 2.86. The van der Waals surface area contributed by atoms with Gasteiger partial charge in [-0.1, -0.05) is 6.07 Å². The maximum absolute atomic E-state index is 11.5. The number of ether oxygens (including phenoxy) is 1. The summed E-state index contributed by atoms with van der Waals surface area (Å²) in [5, 5.41) is 7.47. The van der Waals surface area contributed by atoms with Crippen molar-refractivity contribution in [1.82, 2.24) is 10.2 Å². The molecule has 2 rings (SSSR count). The van der Waals surface area contributed by atoms with E-state index in [1.165, 1.54) is 0 Å². The van der Waals surface area contributed by atoms with Crippen LogP contribution in [0.25, 0.3) is 10.9 Å². The van der Waals surface area contributed by atoms with Gasteiger partial charge in [-0.05, 0) is 19.1 Å². The van der Waals surface area contributed by atoms with E-state index in [0.29, 0.717) is 12.2 Å². The van der Waals surface area contributed by atoms with Crippen LogP contribution in [-0.4, -0.2) is 22.8 Å². The fourth-order valence-corrected chi connectivity index (χ4v) is 1.35. The number of hydrogen-bond donors (Lipinski definition) is 1. The average molecular weight is 190 g/mol. The summed E-state index contributed by atoms with van der Waals surface area (Å²) in [6.45, 7) is 2.17. The van der Waals surface area contributed by atoms with E-state index in [-0.39, 0.29) is 5.97 Å². The molecule has 0 unspecified atom stereocenters. The van der Waals surface area contributed by atoms with E-state index >= 15 is 0 Å². The highest BCUT2D eigenvalue weighted by Crippen LogP contribution is 2.16. The molecule has 0 spiro atoms. The summed E-state index contributed by atoms with van der Waals surface area (Å²) in [6, 6.07) is 5.40. The molecule has 0 saturated heterocycles. The van der Waals surface area contributed by atoms with Gasteiger partial charge in [0.1, 0.15) is 0 Å². The zero-order chi connectivity index (χ0) is 9.97. The number of carbonyl (C=O) groups excluding carboxylic acids is 1. The summed E-state index contributed by atoms with van der Waals surface area (Å²) in [5.74, 6) is -0.306. The van der Waals surface area contributed by atoms with Crippen molar-refractivity contribution in [3.8, 4) is 0 Å². The Balaban J connectivity index is 2.50. The molecule has 0 radical (unpaired) electrons. The minimum Gasteiger partial charge on any atom is -0.462 e. The molecule has 0 bridgehead atoms. The van der Waals surface area contributed by atoms with Crippen molar-refractivity contribution in [2.24, 2.45) is 0 Å². The van der Waals surface area contributed by atoms with E-state index in [2.05, 4.69) is 10.2 Å². The number of aromatic amines is 1. The van der Waals surface area contributed by atoms with Crippen molar-refractivity contribution in [3.63, 3.8) is 0 Å². The first kappa shape index (κ1) is 8.74. The first-order valence-electron chi connectivity index (χ1n) is 4.42. The minimum absolute atomic E-state index is 0.306. The Morgan fingerprint density at radius 2 is 2.43 bits per heavy atom. The van der Waals surface area contributed by atoms with Crippen LogP contribution in [0.3, 0.4) is 0 Å². The Bertz CT molecular complexity index is 462. The van der Waals surface area contributed by atoms with Crippen molar-refractivity contribution < 1.29 is 9.53 Å². The number of carbonyl (C=O) groups is 1. The van der Waals surface area contributed by atoms with Gasteiger partial charge in [0, 0.05) is 5.39 Å². The highest BCUT2D eigenvalue weighted by molar-refractivity contribution is 6.03. The maximum Gasteiger partial charge on any atom is 0.338 e. The summed E-state index contributed by atoms with van der Waals surface area (Å²) >= 11 is 0. The molecular weight excluding hydrogens is 180 g/mol. The average Bonchev–Trinajstić information content (AvgIpc) is 2.65. The molecule has 0 aliphatic carbocycles. The van der Waals surface area contributed by atoms with Gasteiger partial charge in [-0.25, -0.2) is 4.79 Å². The lowest BCUT2D eigenvalue weighted by molar-refractivity contribution is 0.0528. The van der Waals surface area contributed by atoms with Crippen LogP contribution in [0, 0.1) is 0 Å². The van der Waals surface area contributed by atoms with Crippen LogP contribution in [0.5, 0.6) is 0 Å². The Labute approximate surface area is 80.9 Å². The van der Waals surface area contributed by atoms with Gasteiger partial charge < -0.3 is 4.74 Å². The smallest absolute Gasteiger partial charge is 0.338 e. The molecule has 0 atom stereocenters. The predicted octanol–water partition coefficient (Wildman–Crippen LogP) is 1.74. The molecule has 0 aliphatic heterocycles. The second-order valence-electron chi connectivity index (χ2n) is 2.86. The molecular formula is C10H10N2O2. The number of nitrogens with zero attached hydrogens (tertiary/aromatic N) is 1. The van der Waals surface area contributed by atoms with Gasteiger partial charge in [-0.15, -0.1) is 0 Å². The van der Waals surface area contributed by atoms with E-state index in [1.807, 2.05) is 6.07 Å². The number of aromatic nitrogens is 2. The third-order valence-electron chi connectivity index (χ3n) is 1.98. The van der Waals surface area contributed by atoms with E-state index in [4.69, 9.17) is 4.74 Å². The van der Waals surface area contributed by atoms with Gasteiger partial charge in [-0.2, -0.15) is 5.10 Å². The van der Waals surface area contributed by atoms with Gasteiger partial charge in [0.15, 0.2) is 0 Å². The van der Waals surface area contributed by atoms with E-state index < -0.39 is 0 Å². The van der Waals surface area contributed by atoms with Crippen molar-refractivity contribution >= 4 is 16.9 Å². The lowest BCUT2D eigenvalue weighted by Gasteiger charge is -2.01. The normalized spacial score (nSPS) is 10.4. The highest BCUT2D eigenvalue weighted by atomic mass is 16.5. The molecule has 0 fully saturated rings. The van der Waals surface area contributed by atoms with E-state index in [1.54, 1.807) is 25.3 Å². The molecule has 1 aromatic heterocycles. The number of benzene rings is 1. The van der Waals surface area contributed by atoms with Crippen LogP contribution < -0.4 is 0 Å². The molecule has 14 heavy (non-hydrogen) atoms. The quantitative estimate of drug-likeness (QED) is 0.734. The monoisotopic (exact) mass is 190 g/mol. The standard InChI is InChI=1S/C10H10N2O2/c1-2-14-10(13)7-4-3-5-9-8(7)6-11-12-9/h3-6H,2H2,1H3,(H,11,12). The van der Waals surface area contributed by atoms with Crippen LogP contribution in [-0.2, 0) is 4.74 Å². The van der Waals surface area contributed by atoms with Crippen LogP contribution in [0.4, 0.5) is 0 Å². The van der Waals surface area contributed by atoms with Crippen LogP contribution in [0.2, 0.25) is 0 Å². The molecule has 4 heteroatoms. The van der Waals surface area contributed by atoms with E-state index in [9.17, 15) is 4.79 Å². The summed E-state index contributed by atoms with van der Waals surface area (Å²) in [4.78, 5) is 11.5. The summed E-state index contributed by atoms with van der Waals surface area (Å²) in [7, 11) is 0. The van der Waals surface area contributed by atoms with Crippen molar-refractivity contribution in [3.05, 3.63) is 30.0 Å². The Kier molecular flexibility index (Phi) is 2.18. The van der Waals surface area contributed by atoms with Gasteiger partial charge in [0.2, 0.25) is 0 Å². The first-order valence-corrected chi connectivity index (χ1v) is 4.42. The Hall–Kier alpha value is -1.84. The first-order chi connectivity index (χ1) is 6.83. The van der Waals surface area contributed by atoms with Crippen LogP contribution >= 0.6 is 0 Å². The molecule has 0 amide bonds. The van der Waals surface area contributed by atoms with Gasteiger partial charge in [0.05, 0.1) is 23.9 Å². The number of rotatable bonds is 2. The fourth-order valence-electron chi connectivity index (χ4n) is 1.35. The topological polar surface area (TPSA) is 55.0 Å². The maximum atomic E-state index is 11.5. The van der Waals surface area contributed by atoms with Gasteiger partial charge in [0.25, 0.3) is 0 Å². The number of nitrogens with one attached hydrogen (secondary N) is 1. The largest absolute Gasteiger partial charge is 0.462 e. The molecule has 0 saturated carbocycles. The van der Waals surface area contributed by atoms with Crippen molar-refractivity contribution in [2.75, 3.05) is 6.61 Å².